The molecule has 2 aromatic rings. The molecule has 2 rings (SSSR count). The summed E-state index contributed by atoms with van der Waals surface area (Å²) in [6.07, 6.45) is 0. The van der Waals surface area contributed by atoms with E-state index in [0.717, 1.165) is 0 Å². The number of hydrogen-bond acceptors (Lipinski definition) is 2. The van der Waals surface area contributed by atoms with Crippen LogP contribution in [0.1, 0.15) is 10.4 Å². The second-order valence-corrected chi connectivity index (χ2v) is 5.16. The fourth-order valence-electron chi connectivity index (χ4n) is 1.83. The van der Waals surface area contributed by atoms with Gasteiger partial charge in [-0.15, -0.1) is 0 Å². The predicted octanol–water partition coefficient (Wildman–Crippen LogP) is 3.19. The first-order chi connectivity index (χ1) is 10.5. The van der Waals surface area contributed by atoms with Crippen molar-refractivity contribution in [1.29, 1.82) is 0 Å². The maximum atomic E-state index is 12.8. The molecule has 4 nitrogen and oxygen atoms in total. The Labute approximate surface area is 132 Å². The third-order valence-electron chi connectivity index (χ3n) is 2.95. The van der Waals surface area contributed by atoms with E-state index in [1.54, 1.807) is 24.3 Å². The number of carbonyl (C=O) groups excluding carboxylic acids is 2. The molecule has 0 aliphatic heterocycles. The lowest BCUT2D eigenvalue weighted by atomic mass is 10.2. The standard InChI is InChI=1S/C16H14ClFN2O2/c1-20(16(22)11-2-4-12(17)5-3-11)10-15(21)19-14-8-6-13(18)7-9-14/h2-9H,10H2,1H3,(H,19,21). The van der Waals surface area contributed by atoms with Crippen LogP contribution in [0, 0.1) is 5.82 Å². The highest BCUT2D eigenvalue weighted by Crippen LogP contribution is 2.11. The van der Waals surface area contributed by atoms with Gasteiger partial charge >= 0.3 is 0 Å². The molecular formula is C16H14ClFN2O2. The van der Waals surface area contributed by atoms with E-state index in [2.05, 4.69) is 5.32 Å². The molecule has 0 atom stereocenters. The van der Waals surface area contributed by atoms with Gasteiger partial charge in [0.15, 0.2) is 0 Å². The second kappa shape index (κ2) is 7.04. The lowest BCUT2D eigenvalue weighted by Gasteiger charge is -2.17. The zero-order chi connectivity index (χ0) is 16.1. The predicted molar refractivity (Wildman–Crippen MR) is 83.4 cm³/mol. The largest absolute Gasteiger partial charge is 0.332 e. The first kappa shape index (κ1) is 16.0. The van der Waals surface area contributed by atoms with Crippen LogP contribution in [0.3, 0.4) is 0 Å². The van der Waals surface area contributed by atoms with Gasteiger partial charge < -0.3 is 10.2 Å². The first-order valence-corrected chi connectivity index (χ1v) is 6.90. The molecule has 0 heterocycles. The van der Waals surface area contributed by atoms with Crippen molar-refractivity contribution in [2.45, 2.75) is 0 Å². The van der Waals surface area contributed by atoms with Gasteiger partial charge in [0.05, 0.1) is 6.54 Å². The van der Waals surface area contributed by atoms with Crippen molar-refractivity contribution in [2.75, 3.05) is 18.9 Å². The van der Waals surface area contributed by atoms with Crippen LogP contribution in [0.4, 0.5) is 10.1 Å². The molecule has 0 aliphatic rings. The van der Waals surface area contributed by atoms with Gasteiger partial charge in [-0.25, -0.2) is 4.39 Å². The molecule has 0 unspecified atom stereocenters. The minimum absolute atomic E-state index is 0.112. The fourth-order valence-corrected chi connectivity index (χ4v) is 1.96. The van der Waals surface area contributed by atoms with Gasteiger partial charge in [-0.2, -0.15) is 0 Å². The topological polar surface area (TPSA) is 49.4 Å². The van der Waals surface area contributed by atoms with Crippen molar-refractivity contribution in [1.82, 2.24) is 4.90 Å². The minimum atomic E-state index is -0.381. The monoisotopic (exact) mass is 320 g/mol. The molecule has 1 N–H and O–H groups in total. The molecule has 0 aliphatic carbocycles. The average Bonchev–Trinajstić information content (AvgIpc) is 2.49. The number of nitrogens with one attached hydrogen (secondary N) is 1. The summed E-state index contributed by atoms with van der Waals surface area (Å²) in [5, 5.41) is 3.13. The van der Waals surface area contributed by atoms with Gasteiger partial charge in [-0.05, 0) is 48.5 Å². The Morgan fingerprint density at radius 3 is 2.27 bits per heavy atom. The van der Waals surface area contributed by atoms with Gasteiger partial charge in [-0.1, -0.05) is 11.6 Å². The van der Waals surface area contributed by atoms with Crippen molar-refractivity contribution in [3.05, 3.63) is 64.9 Å². The summed E-state index contributed by atoms with van der Waals surface area (Å²) in [6, 6.07) is 11.8. The summed E-state index contributed by atoms with van der Waals surface area (Å²) in [6.45, 7) is -0.112. The molecule has 0 aromatic heterocycles. The van der Waals surface area contributed by atoms with E-state index in [1.807, 2.05) is 0 Å². The summed E-state index contributed by atoms with van der Waals surface area (Å²) < 4.78 is 12.8. The molecule has 0 fully saturated rings. The summed E-state index contributed by atoms with van der Waals surface area (Å²) in [4.78, 5) is 25.3. The molecule has 0 saturated heterocycles. The van der Waals surface area contributed by atoms with E-state index in [-0.39, 0.29) is 24.2 Å². The van der Waals surface area contributed by atoms with Gasteiger partial charge in [0, 0.05) is 23.3 Å². The van der Waals surface area contributed by atoms with Crippen LogP contribution in [0.5, 0.6) is 0 Å². The third-order valence-corrected chi connectivity index (χ3v) is 3.20. The molecule has 0 bridgehead atoms. The van der Waals surface area contributed by atoms with E-state index in [4.69, 9.17) is 11.6 Å². The number of anilines is 1. The Bertz CT molecular complexity index is 672. The van der Waals surface area contributed by atoms with Crippen molar-refractivity contribution < 1.29 is 14.0 Å². The summed E-state index contributed by atoms with van der Waals surface area (Å²) in [5.41, 5.74) is 0.917. The van der Waals surface area contributed by atoms with Crippen LogP contribution in [-0.2, 0) is 4.79 Å². The number of rotatable bonds is 4. The van der Waals surface area contributed by atoms with Crippen molar-refractivity contribution >= 4 is 29.1 Å². The molecule has 6 heteroatoms. The number of likely N-dealkylation sites (N-methyl/N-ethyl adjacent to an activating group) is 1. The highest BCUT2D eigenvalue weighted by atomic mass is 35.5. The van der Waals surface area contributed by atoms with Crippen LogP contribution in [0.2, 0.25) is 5.02 Å². The molecule has 0 saturated carbocycles. The van der Waals surface area contributed by atoms with Crippen LogP contribution in [-0.4, -0.2) is 30.3 Å². The quantitative estimate of drug-likeness (QED) is 0.940. The van der Waals surface area contributed by atoms with Crippen LogP contribution in [0.15, 0.2) is 48.5 Å². The number of nitrogens with zero attached hydrogens (tertiary/aromatic N) is 1. The number of halogens is 2. The first-order valence-electron chi connectivity index (χ1n) is 6.52. The summed E-state index contributed by atoms with van der Waals surface area (Å²) >= 11 is 5.77. The van der Waals surface area contributed by atoms with E-state index in [0.29, 0.717) is 16.3 Å². The SMILES string of the molecule is CN(CC(=O)Nc1ccc(F)cc1)C(=O)c1ccc(Cl)cc1. The van der Waals surface area contributed by atoms with Crippen molar-refractivity contribution in [3.63, 3.8) is 0 Å². The summed E-state index contributed by atoms with van der Waals surface area (Å²) in [5.74, 6) is -1.03. The van der Waals surface area contributed by atoms with E-state index < -0.39 is 0 Å². The molecule has 2 aromatic carbocycles. The van der Waals surface area contributed by atoms with Crippen molar-refractivity contribution in [2.24, 2.45) is 0 Å². The van der Waals surface area contributed by atoms with Crippen LogP contribution >= 0.6 is 11.6 Å². The van der Waals surface area contributed by atoms with Crippen molar-refractivity contribution in [3.8, 4) is 0 Å². The van der Waals surface area contributed by atoms with E-state index in [1.165, 1.54) is 36.2 Å². The Hall–Kier alpha value is -2.40. The van der Waals surface area contributed by atoms with Gasteiger partial charge in [-0.3, -0.25) is 9.59 Å². The van der Waals surface area contributed by atoms with E-state index >= 15 is 0 Å². The van der Waals surface area contributed by atoms with Crippen LogP contribution in [0.25, 0.3) is 0 Å². The van der Waals surface area contributed by atoms with Crippen LogP contribution < -0.4 is 5.32 Å². The molecule has 0 radical (unpaired) electrons. The Morgan fingerprint density at radius 2 is 1.68 bits per heavy atom. The summed E-state index contributed by atoms with van der Waals surface area (Å²) in [7, 11) is 1.53. The highest BCUT2D eigenvalue weighted by Gasteiger charge is 2.15. The highest BCUT2D eigenvalue weighted by molar-refractivity contribution is 6.30. The average molecular weight is 321 g/mol. The lowest BCUT2D eigenvalue weighted by molar-refractivity contribution is -0.116. The smallest absolute Gasteiger partial charge is 0.254 e. The maximum absolute atomic E-state index is 12.8. The zero-order valence-electron chi connectivity index (χ0n) is 11.8. The second-order valence-electron chi connectivity index (χ2n) is 4.72. The Balaban J connectivity index is 1.94. The Morgan fingerprint density at radius 1 is 1.09 bits per heavy atom. The number of benzene rings is 2. The normalized spacial score (nSPS) is 10.1. The van der Waals surface area contributed by atoms with Gasteiger partial charge in [0.1, 0.15) is 5.82 Å². The number of carbonyl (C=O) groups is 2. The van der Waals surface area contributed by atoms with Gasteiger partial charge in [0.25, 0.3) is 5.91 Å². The maximum Gasteiger partial charge on any atom is 0.254 e. The number of hydrogen-bond donors (Lipinski definition) is 1. The Kier molecular flexibility index (Phi) is 5.12. The zero-order valence-corrected chi connectivity index (χ0v) is 12.6. The lowest BCUT2D eigenvalue weighted by Crippen LogP contribution is -2.34. The van der Waals surface area contributed by atoms with Gasteiger partial charge in [0.2, 0.25) is 5.91 Å². The molecular weight excluding hydrogens is 307 g/mol. The molecule has 114 valence electrons. The number of amides is 2. The molecule has 22 heavy (non-hydrogen) atoms. The molecule has 2 amide bonds. The third kappa shape index (κ3) is 4.30. The fraction of sp³-hybridized carbons (Fsp3) is 0.125. The minimum Gasteiger partial charge on any atom is -0.332 e. The van der Waals surface area contributed by atoms with E-state index in [9.17, 15) is 14.0 Å². The molecule has 0 spiro atoms.